The monoisotopic (exact) mass is 1050 g/mol. The van der Waals surface area contributed by atoms with Gasteiger partial charge in [0.1, 0.15) is 17.2 Å². The molecule has 12 heteroatoms. The molecule has 0 aromatic heterocycles. The Morgan fingerprint density at radius 1 is 0.394 bits per heavy atom. The summed E-state index contributed by atoms with van der Waals surface area (Å²) in [6, 6.07) is 55.9. The van der Waals surface area contributed by atoms with E-state index in [0.717, 1.165) is 54.2 Å². The molecule has 7 aromatic carbocycles. The number of hydrogen-bond donors (Lipinski definition) is 0. The maximum Gasteiger partial charge on any atom is 0.336 e. The molecule has 0 saturated carbocycles. The fourth-order valence-electron chi connectivity index (χ4n) is 7.06. The van der Waals surface area contributed by atoms with Crippen molar-refractivity contribution in [1.29, 1.82) is 0 Å². The smallest absolute Gasteiger partial charge is 0.336 e. The Kier molecular flexibility index (Phi) is 20.3. The molecule has 0 heterocycles. The lowest BCUT2D eigenvalue weighted by atomic mass is 9.71. The van der Waals surface area contributed by atoms with Crippen molar-refractivity contribution in [2.24, 2.45) is 0 Å². The first-order valence-electron chi connectivity index (χ1n) is 22.9. The van der Waals surface area contributed by atoms with Gasteiger partial charge in [-0.2, -0.15) is 0 Å². The summed E-state index contributed by atoms with van der Waals surface area (Å²) in [5.41, 5.74) is 1.99. The lowest BCUT2D eigenvalue weighted by Gasteiger charge is -2.32. The molecule has 7 aromatic rings. The van der Waals surface area contributed by atoms with Crippen molar-refractivity contribution < 1.29 is 28.6 Å². The normalized spacial score (nSPS) is 11.6. The fourth-order valence-corrected chi connectivity index (χ4v) is 11.3. The third-order valence-electron chi connectivity index (χ3n) is 10.6. The zero-order valence-corrected chi connectivity index (χ0v) is 44.5. The lowest BCUT2D eigenvalue weighted by molar-refractivity contribution is -0.129. The van der Waals surface area contributed by atoms with Crippen molar-refractivity contribution in [2.45, 2.75) is 78.7 Å². The Morgan fingerprint density at radius 2 is 0.676 bits per heavy atom. The second-order valence-electron chi connectivity index (χ2n) is 15.6. The van der Waals surface area contributed by atoms with Crippen LogP contribution in [-0.2, 0) is 19.8 Å². The summed E-state index contributed by atoms with van der Waals surface area (Å²) in [5.74, 6) is 1.89. The highest BCUT2D eigenvalue weighted by Gasteiger charge is 2.32. The first kappa shape index (κ1) is 53.1. The van der Waals surface area contributed by atoms with Gasteiger partial charge in [0, 0.05) is 62.8 Å². The van der Waals surface area contributed by atoms with Crippen LogP contribution in [0, 0.1) is 0 Å². The second-order valence-corrected chi connectivity index (χ2v) is 22.5. The molecule has 360 valence electrons. The highest BCUT2D eigenvalue weighted by molar-refractivity contribution is 8.02. The number of esters is 3. The van der Waals surface area contributed by atoms with Gasteiger partial charge in [-0.3, -0.25) is 0 Å². The molecule has 0 unspecified atom stereocenters. The molecule has 0 radical (unpaired) electrons. The van der Waals surface area contributed by atoms with E-state index in [9.17, 15) is 14.4 Å². The van der Waals surface area contributed by atoms with Gasteiger partial charge < -0.3 is 14.2 Å². The molecular formula is C59H52O6S6. The van der Waals surface area contributed by atoms with Crippen LogP contribution in [0.3, 0.4) is 0 Å². The van der Waals surface area contributed by atoms with Crippen LogP contribution >= 0.6 is 70.6 Å². The van der Waals surface area contributed by atoms with E-state index in [1.54, 1.807) is 76.8 Å². The summed E-state index contributed by atoms with van der Waals surface area (Å²) >= 11 is 9.97. The van der Waals surface area contributed by atoms with Crippen molar-refractivity contribution in [1.82, 2.24) is 0 Å². The van der Waals surface area contributed by atoms with Crippen LogP contribution in [0.2, 0.25) is 0 Å². The van der Waals surface area contributed by atoms with E-state index in [1.165, 1.54) is 61.3 Å². The van der Waals surface area contributed by atoms with Crippen LogP contribution in [0.25, 0.3) is 0 Å². The van der Waals surface area contributed by atoms with E-state index in [2.05, 4.69) is 93.6 Å². The van der Waals surface area contributed by atoms with Crippen LogP contribution in [-0.4, -0.2) is 29.4 Å². The van der Waals surface area contributed by atoms with E-state index < -0.39 is 23.3 Å². The predicted octanol–water partition coefficient (Wildman–Crippen LogP) is 16.9. The van der Waals surface area contributed by atoms with Crippen LogP contribution in [0.4, 0.5) is 0 Å². The van der Waals surface area contributed by atoms with Gasteiger partial charge in [-0.1, -0.05) is 110 Å². The van der Waals surface area contributed by atoms with Crippen molar-refractivity contribution in [3.8, 4) is 17.2 Å². The Hall–Kier alpha value is -5.73. The third-order valence-corrected chi connectivity index (χ3v) is 16.1. The van der Waals surface area contributed by atoms with Gasteiger partial charge in [0.15, 0.2) is 0 Å². The highest BCUT2D eigenvalue weighted by Crippen LogP contribution is 2.41. The summed E-state index contributed by atoms with van der Waals surface area (Å²) in [4.78, 5) is 47.4. The lowest BCUT2D eigenvalue weighted by Crippen LogP contribution is -2.25. The van der Waals surface area contributed by atoms with Crippen molar-refractivity contribution in [3.63, 3.8) is 0 Å². The number of carbonyl (C=O) groups excluding carboxylic acids is 3. The van der Waals surface area contributed by atoms with Gasteiger partial charge >= 0.3 is 17.9 Å². The molecule has 0 spiro atoms. The number of thioether (sulfide) groups is 4. The molecule has 0 atom stereocenters. The average Bonchev–Trinajstić information content (AvgIpc) is 3.38. The van der Waals surface area contributed by atoms with Crippen molar-refractivity contribution in [2.75, 3.05) is 11.5 Å². The van der Waals surface area contributed by atoms with Gasteiger partial charge in [-0.25, -0.2) is 14.4 Å². The Bertz CT molecular complexity index is 2750. The quantitative estimate of drug-likeness (QED) is 0.0213. The number of benzene rings is 7. The van der Waals surface area contributed by atoms with E-state index in [-0.39, 0.29) is 0 Å². The predicted molar refractivity (Wildman–Crippen MR) is 298 cm³/mol. The maximum atomic E-state index is 12.9. The minimum Gasteiger partial charge on any atom is -0.423 e. The fraction of sp³-hybridized carbons (Fsp3) is 0.136. The third kappa shape index (κ3) is 16.1. The summed E-state index contributed by atoms with van der Waals surface area (Å²) in [5, 5.41) is 3.45. The van der Waals surface area contributed by atoms with Crippen LogP contribution in [0.15, 0.2) is 244 Å². The summed E-state index contributed by atoms with van der Waals surface area (Å²) < 4.78 is 16.9. The number of carbonyl (C=O) groups is 3. The molecule has 0 saturated heterocycles. The topological polar surface area (TPSA) is 78.9 Å². The zero-order valence-electron chi connectivity index (χ0n) is 39.7. The van der Waals surface area contributed by atoms with Gasteiger partial charge in [-0.05, 0) is 186 Å². The minimum absolute atomic E-state index is 0.397. The number of hydrogen-bond acceptors (Lipinski definition) is 12. The number of ether oxygens (including phenoxy) is 3. The van der Waals surface area contributed by atoms with E-state index in [1.807, 2.05) is 91.1 Å². The molecule has 0 N–H and O–H groups in total. The molecule has 7 rings (SSSR count). The maximum absolute atomic E-state index is 12.9. The van der Waals surface area contributed by atoms with Gasteiger partial charge in [0.05, 0.1) is 0 Å². The summed E-state index contributed by atoms with van der Waals surface area (Å²) in [6.07, 6.45) is 6.73. The number of rotatable bonds is 22. The van der Waals surface area contributed by atoms with Gasteiger partial charge in [0.25, 0.3) is 0 Å². The van der Waals surface area contributed by atoms with Crippen molar-refractivity contribution in [3.05, 3.63) is 222 Å². The van der Waals surface area contributed by atoms with Gasteiger partial charge in [-0.15, -0.1) is 23.5 Å². The average molecular weight is 1050 g/mol. The first-order chi connectivity index (χ1) is 34.6. The molecule has 71 heavy (non-hydrogen) atoms. The van der Waals surface area contributed by atoms with Crippen LogP contribution in [0.1, 0.15) is 50.8 Å². The van der Waals surface area contributed by atoms with Crippen LogP contribution in [0.5, 0.6) is 17.2 Å². The van der Waals surface area contributed by atoms with E-state index >= 15 is 0 Å². The molecule has 0 bridgehead atoms. The van der Waals surface area contributed by atoms with Crippen LogP contribution < -0.4 is 14.2 Å². The molecule has 0 amide bonds. The Morgan fingerprint density at radius 3 is 0.972 bits per heavy atom. The molecule has 6 nitrogen and oxygen atoms in total. The minimum atomic E-state index is -0.734. The van der Waals surface area contributed by atoms with Gasteiger partial charge in [0.2, 0.25) is 0 Å². The Labute approximate surface area is 442 Å². The number of allylic oxidation sites excluding steroid dienone is 1. The first-order valence-corrected chi connectivity index (χ1v) is 28.3. The highest BCUT2D eigenvalue weighted by atomic mass is 32.2. The zero-order chi connectivity index (χ0) is 49.8. The summed E-state index contributed by atoms with van der Waals surface area (Å²) in [6.45, 7) is 8.34. The molecule has 0 fully saturated rings. The SMILES string of the molecule is CC/C=C/C(=O)Oc1ccc(C(C)(c2ccc(OC(=O)/C=C/Sc3ccc(Sc4ccc(SCC)cc4)cc3)cc2)c2ccc(OC(=O)/C=C/Sc3ccc(Sc4ccc(SCC)cc4)cc3)cc2)cc1. The van der Waals surface area contributed by atoms with E-state index in [4.69, 9.17) is 14.2 Å². The molecule has 0 aliphatic carbocycles. The molecular weight excluding hydrogens is 997 g/mol. The van der Waals surface area contributed by atoms with Crippen molar-refractivity contribution >= 4 is 88.5 Å². The molecule has 0 aliphatic heterocycles. The standard InChI is InChI=1S/C59H52O6S6/c1-5-8-9-56(60)63-45-16-10-42(11-17-45)59(4,43-12-18-46(19-13-43)64-57(61)38-40-68-50-26-34-54(35-27-50)70-52-30-22-48(23-31-52)66-6-2)44-14-20-47(21-15-44)65-58(62)39-41-69-51-28-36-55(37-29-51)71-53-32-24-49(25-33-53)67-7-3/h8-41H,5-7H2,1-4H3/b9-8+,40-38+,41-39+. The summed E-state index contributed by atoms with van der Waals surface area (Å²) in [7, 11) is 0. The largest absolute Gasteiger partial charge is 0.423 e. The second kappa shape index (κ2) is 27.2. The molecule has 0 aliphatic rings. The Balaban J connectivity index is 0.973. The van der Waals surface area contributed by atoms with E-state index in [0.29, 0.717) is 17.2 Å².